The van der Waals surface area contributed by atoms with E-state index in [1.165, 1.54) is 19.3 Å². The molecule has 3 N–H and O–H groups in total. The van der Waals surface area contributed by atoms with E-state index in [-0.39, 0.29) is 0 Å². The summed E-state index contributed by atoms with van der Waals surface area (Å²) in [6.07, 6.45) is 6.77. The summed E-state index contributed by atoms with van der Waals surface area (Å²) in [6, 6.07) is 0.366. The molecule has 19 heavy (non-hydrogen) atoms. The van der Waals surface area contributed by atoms with E-state index in [2.05, 4.69) is 29.4 Å². The van der Waals surface area contributed by atoms with Crippen molar-refractivity contribution in [2.45, 2.75) is 52.1 Å². The van der Waals surface area contributed by atoms with Gasteiger partial charge in [0, 0.05) is 19.0 Å². The van der Waals surface area contributed by atoms with Gasteiger partial charge in [-0.25, -0.2) is 9.67 Å². The third-order valence-electron chi connectivity index (χ3n) is 4.79. The molecular weight excluding hydrogens is 238 g/mol. The summed E-state index contributed by atoms with van der Waals surface area (Å²) in [5.74, 6) is 10.0. The number of hydrogen-bond donors (Lipinski definition) is 2. The molecule has 3 rings (SSSR count). The summed E-state index contributed by atoms with van der Waals surface area (Å²) in [4.78, 5) is 4.42. The Morgan fingerprint density at radius 3 is 2.79 bits per heavy atom. The van der Waals surface area contributed by atoms with Gasteiger partial charge in [0.1, 0.15) is 12.2 Å². The Kier molecular flexibility index (Phi) is 3.58. The number of hydrazine groups is 1. The zero-order chi connectivity index (χ0) is 13.4. The first-order chi connectivity index (χ1) is 9.20. The second kappa shape index (κ2) is 5.21. The van der Waals surface area contributed by atoms with Gasteiger partial charge in [-0.3, -0.25) is 11.3 Å². The Bertz CT molecular complexity index is 417. The molecule has 1 aromatic rings. The molecule has 0 aromatic carbocycles. The maximum Gasteiger partial charge on any atom is 0.138 e. The van der Waals surface area contributed by atoms with E-state index in [4.69, 9.17) is 5.84 Å². The van der Waals surface area contributed by atoms with Gasteiger partial charge in [-0.05, 0) is 36.5 Å². The zero-order valence-electron chi connectivity index (χ0n) is 11.9. The molecule has 0 spiro atoms. The van der Waals surface area contributed by atoms with Crippen LogP contribution in [0.4, 0.5) is 0 Å². The lowest BCUT2D eigenvalue weighted by atomic mass is 10.0. The van der Waals surface area contributed by atoms with Crippen molar-refractivity contribution in [1.82, 2.24) is 20.2 Å². The number of nitrogens with one attached hydrogen (secondary N) is 1. The lowest BCUT2D eigenvalue weighted by Crippen LogP contribution is -2.40. The summed E-state index contributed by atoms with van der Waals surface area (Å²) in [7, 11) is 0. The van der Waals surface area contributed by atoms with Gasteiger partial charge < -0.3 is 0 Å². The van der Waals surface area contributed by atoms with Crippen LogP contribution in [0.3, 0.4) is 0 Å². The van der Waals surface area contributed by atoms with Gasteiger partial charge in [-0.1, -0.05) is 20.3 Å². The number of nitrogens with two attached hydrogens (primary N) is 1. The van der Waals surface area contributed by atoms with Crippen molar-refractivity contribution in [2.75, 3.05) is 0 Å². The minimum absolute atomic E-state index is 0.366. The van der Waals surface area contributed by atoms with Crippen molar-refractivity contribution in [2.24, 2.45) is 29.5 Å². The highest BCUT2D eigenvalue weighted by Gasteiger charge is 2.55. The number of rotatable bonds is 6. The molecule has 5 nitrogen and oxygen atoms in total. The van der Waals surface area contributed by atoms with E-state index in [0.29, 0.717) is 12.0 Å². The molecule has 5 heteroatoms. The monoisotopic (exact) mass is 263 g/mol. The fourth-order valence-electron chi connectivity index (χ4n) is 3.92. The fraction of sp³-hybridized carbons (Fsp3) is 0.857. The van der Waals surface area contributed by atoms with Gasteiger partial charge in [0.25, 0.3) is 0 Å². The van der Waals surface area contributed by atoms with Gasteiger partial charge in [-0.2, -0.15) is 5.10 Å². The molecule has 2 fully saturated rings. The molecule has 0 amide bonds. The van der Waals surface area contributed by atoms with E-state index in [9.17, 15) is 0 Å². The van der Waals surface area contributed by atoms with E-state index in [1.807, 2.05) is 4.68 Å². The van der Waals surface area contributed by atoms with Crippen molar-refractivity contribution in [3.8, 4) is 0 Å². The van der Waals surface area contributed by atoms with Crippen LogP contribution < -0.4 is 11.3 Å². The van der Waals surface area contributed by atoms with Crippen LogP contribution in [0, 0.1) is 23.7 Å². The minimum atomic E-state index is 0.366. The summed E-state index contributed by atoms with van der Waals surface area (Å²) in [5, 5.41) is 4.33. The first-order valence-electron chi connectivity index (χ1n) is 7.53. The predicted molar refractivity (Wildman–Crippen MR) is 74.0 cm³/mol. The van der Waals surface area contributed by atoms with Gasteiger partial charge in [-0.15, -0.1) is 0 Å². The van der Waals surface area contributed by atoms with E-state index >= 15 is 0 Å². The van der Waals surface area contributed by atoms with Crippen LogP contribution in [-0.2, 0) is 13.0 Å². The highest BCUT2D eigenvalue weighted by molar-refractivity contribution is 5.08. The second-order valence-electron chi connectivity index (χ2n) is 6.57. The molecule has 1 aromatic heterocycles. The van der Waals surface area contributed by atoms with E-state index < -0.39 is 0 Å². The van der Waals surface area contributed by atoms with Crippen molar-refractivity contribution in [3.05, 3.63) is 12.2 Å². The quantitative estimate of drug-likeness (QED) is 0.600. The molecular formula is C14H25N5. The Balaban J connectivity index is 1.65. The van der Waals surface area contributed by atoms with Gasteiger partial charge in [0.15, 0.2) is 0 Å². The molecule has 3 unspecified atom stereocenters. The van der Waals surface area contributed by atoms with Crippen molar-refractivity contribution in [1.29, 1.82) is 0 Å². The third kappa shape index (κ3) is 2.54. The zero-order valence-corrected chi connectivity index (χ0v) is 11.9. The second-order valence-corrected chi connectivity index (χ2v) is 6.57. The summed E-state index contributed by atoms with van der Waals surface area (Å²) in [5.41, 5.74) is 3.03. The first-order valence-corrected chi connectivity index (χ1v) is 7.53. The highest BCUT2D eigenvalue weighted by Crippen LogP contribution is 2.59. The molecule has 1 heterocycles. The number of hydrogen-bond acceptors (Lipinski definition) is 4. The summed E-state index contributed by atoms with van der Waals surface area (Å²) >= 11 is 0. The van der Waals surface area contributed by atoms with Crippen molar-refractivity contribution >= 4 is 0 Å². The maximum atomic E-state index is 5.78. The Labute approximate surface area is 114 Å². The Morgan fingerprint density at radius 1 is 1.42 bits per heavy atom. The average Bonchev–Trinajstić information content (AvgIpc) is 2.78. The van der Waals surface area contributed by atoms with E-state index in [1.54, 1.807) is 6.33 Å². The molecule has 106 valence electrons. The topological polar surface area (TPSA) is 68.8 Å². The van der Waals surface area contributed by atoms with Crippen molar-refractivity contribution in [3.63, 3.8) is 0 Å². The Morgan fingerprint density at radius 2 is 2.16 bits per heavy atom. The van der Waals surface area contributed by atoms with Crippen LogP contribution in [0.15, 0.2) is 6.33 Å². The number of nitrogens with zero attached hydrogens (tertiary/aromatic N) is 3. The molecule has 2 aliphatic carbocycles. The molecule has 0 aliphatic heterocycles. The molecule has 3 atom stereocenters. The van der Waals surface area contributed by atoms with Crippen LogP contribution in [0.5, 0.6) is 0 Å². The minimum Gasteiger partial charge on any atom is -0.271 e. The van der Waals surface area contributed by atoms with Crippen LogP contribution in [0.2, 0.25) is 0 Å². The smallest absolute Gasteiger partial charge is 0.138 e. The summed E-state index contributed by atoms with van der Waals surface area (Å²) in [6.45, 7) is 5.34. The largest absolute Gasteiger partial charge is 0.271 e. The standard InChI is InChI=1S/C14H25N5/c1-9(2)7-19-13(16-8-17-19)6-12(18-15)14-10-4-3-5-11(10)14/h8-12,14,18H,3-7,15H2,1-2H3. The lowest BCUT2D eigenvalue weighted by Gasteiger charge is -2.18. The lowest BCUT2D eigenvalue weighted by molar-refractivity contribution is 0.387. The van der Waals surface area contributed by atoms with Crippen LogP contribution in [0.1, 0.15) is 38.9 Å². The van der Waals surface area contributed by atoms with Crippen LogP contribution >= 0.6 is 0 Å². The third-order valence-corrected chi connectivity index (χ3v) is 4.79. The fourth-order valence-corrected chi connectivity index (χ4v) is 3.92. The number of aromatic nitrogens is 3. The molecule has 0 bridgehead atoms. The van der Waals surface area contributed by atoms with Gasteiger partial charge >= 0.3 is 0 Å². The first kappa shape index (κ1) is 13.1. The molecule has 2 saturated carbocycles. The molecule has 0 radical (unpaired) electrons. The summed E-state index contributed by atoms with van der Waals surface area (Å²) < 4.78 is 2.03. The molecule has 0 saturated heterocycles. The predicted octanol–water partition coefficient (Wildman–Crippen LogP) is 1.35. The van der Waals surface area contributed by atoms with Gasteiger partial charge in [0.2, 0.25) is 0 Å². The van der Waals surface area contributed by atoms with Crippen LogP contribution in [-0.4, -0.2) is 20.8 Å². The van der Waals surface area contributed by atoms with Gasteiger partial charge in [0.05, 0.1) is 0 Å². The normalized spacial score (nSPS) is 30.6. The highest BCUT2D eigenvalue weighted by atomic mass is 15.3. The van der Waals surface area contributed by atoms with Crippen molar-refractivity contribution < 1.29 is 0 Å². The molecule has 2 aliphatic rings. The number of fused-ring (bicyclic) bond motifs is 1. The average molecular weight is 263 g/mol. The van der Waals surface area contributed by atoms with Crippen LogP contribution in [0.25, 0.3) is 0 Å². The maximum absolute atomic E-state index is 5.78. The van der Waals surface area contributed by atoms with E-state index in [0.717, 1.165) is 36.5 Å². The Hall–Kier alpha value is -0.940. The SMILES string of the molecule is CC(C)Cn1ncnc1CC(NN)C1C2CCCC21.